The van der Waals surface area contributed by atoms with Gasteiger partial charge in [-0.25, -0.2) is 0 Å². The number of anilines is 2. The lowest BCUT2D eigenvalue weighted by atomic mass is 10.2. The van der Waals surface area contributed by atoms with Crippen LogP contribution in [0.2, 0.25) is 0 Å². The Kier molecular flexibility index (Phi) is 2.96. The van der Waals surface area contributed by atoms with Gasteiger partial charge in [0.1, 0.15) is 0 Å². The van der Waals surface area contributed by atoms with Crippen LogP contribution >= 0.6 is 0 Å². The summed E-state index contributed by atoms with van der Waals surface area (Å²) in [4.78, 5) is 8.70. The molecule has 0 saturated heterocycles. The fraction of sp³-hybridized carbons (Fsp3) is 0.133. The molecule has 3 rings (SSSR count). The number of allylic oxidation sites excluding steroid dienone is 4. The van der Waals surface area contributed by atoms with Crippen LogP contribution < -0.4 is 9.80 Å². The monoisotopic (exact) mass is 237 g/mol. The van der Waals surface area contributed by atoms with Crippen LogP contribution in [0.4, 0.5) is 11.4 Å². The number of nitrogens with zero attached hydrogens (tertiary/aromatic N) is 3. The minimum absolute atomic E-state index is 0.900. The zero-order valence-electron chi connectivity index (χ0n) is 10.1. The number of hydrogen-bond donors (Lipinski definition) is 0. The summed E-state index contributed by atoms with van der Waals surface area (Å²) in [6.07, 6.45) is 20.4. The summed E-state index contributed by atoms with van der Waals surface area (Å²) in [7, 11) is 0. The molecule has 18 heavy (non-hydrogen) atoms. The summed E-state index contributed by atoms with van der Waals surface area (Å²) < 4.78 is 0. The smallest absolute Gasteiger partial charge is 0.0616 e. The van der Waals surface area contributed by atoms with Crippen LogP contribution in [0.3, 0.4) is 0 Å². The van der Waals surface area contributed by atoms with E-state index >= 15 is 0 Å². The molecule has 0 aliphatic carbocycles. The van der Waals surface area contributed by atoms with Gasteiger partial charge in [-0.2, -0.15) is 0 Å². The maximum absolute atomic E-state index is 4.34. The Morgan fingerprint density at radius 3 is 1.78 bits per heavy atom. The number of pyridine rings is 1. The third-order valence-electron chi connectivity index (χ3n) is 3.00. The van der Waals surface area contributed by atoms with Gasteiger partial charge in [0.05, 0.1) is 23.8 Å². The molecule has 0 unspecified atom stereocenters. The van der Waals surface area contributed by atoms with Gasteiger partial charge in [-0.3, -0.25) is 4.98 Å². The van der Waals surface area contributed by atoms with Crippen molar-refractivity contribution >= 4 is 11.4 Å². The highest BCUT2D eigenvalue weighted by Crippen LogP contribution is 2.23. The molecule has 0 fully saturated rings. The highest BCUT2D eigenvalue weighted by atomic mass is 15.1. The molecule has 0 amide bonds. The van der Waals surface area contributed by atoms with Gasteiger partial charge < -0.3 is 9.80 Å². The van der Waals surface area contributed by atoms with Crippen LogP contribution in [-0.4, -0.2) is 18.1 Å². The summed E-state index contributed by atoms with van der Waals surface area (Å²) in [5.41, 5.74) is 2.24. The zero-order valence-corrected chi connectivity index (χ0v) is 10.1. The quantitative estimate of drug-likeness (QED) is 0.788. The Labute approximate surface area is 107 Å². The second-order valence-corrected chi connectivity index (χ2v) is 4.25. The van der Waals surface area contributed by atoms with Crippen LogP contribution in [0, 0.1) is 0 Å². The maximum Gasteiger partial charge on any atom is 0.0616 e. The second kappa shape index (κ2) is 4.92. The normalized spacial score (nSPS) is 17.6. The summed E-state index contributed by atoms with van der Waals surface area (Å²) in [5, 5.41) is 0. The molecule has 0 bridgehead atoms. The molecule has 3 nitrogen and oxygen atoms in total. The van der Waals surface area contributed by atoms with E-state index in [0.29, 0.717) is 0 Å². The molecule has 2 aliphatic heterocycles. The molecule has 1 aromatic heterocycles. The Hall–Kier alpha value is -2.29. The first-order valence-electron chi connectivity index (χ1n) is 6.08. The van der Waals surface area contributed by atoms with Gasteiger partial charge in [-0.05, 0) is 18.2 Å². The van der Waals surface area contributed by atoms with Gasteiger partial charge in [0.2, 0.25) is 0 Å². The Balaban J connectivity index is 1.84. The van der Waals surface area contributed by atoms with Crippen molar-refractivity contribution in [2.24, 2.45) is 0 Å². The second-order valence-electron chi connectivity index (χ2n) is 4.25. The number of aromatic nitrogens is 1. The van der Waals surface area contributed by atoms with Crippen molar-refractivity contribution in [3.8, 4) is 0 Å². The average Bonchev–Trinajstić information content (AvgIpc) is 2.49. The zero-order chi connectivity index (χ0) is 12.2. The molecule has 0 radical (unpaired) electrons. The van der Waals surface area contributed by atoms with E-state index in [9.17, 15) is 0 Å². The Morgan fingerprint density at radius 2 is 1.33 bits per heavy atom. The van der Waals surface area contributed by atoms with Gasteiger partial charge in [-0.1, -0.05) is 24.3 Å². The molecular formula is C15H15N3. The Bertz CT molecular complexity index is 495. The summed E-state index contributed by atoms with van der Waals surface area (Å²) in [6, 6.07) is 2.17. The lowest BCUT2D eigenvalue weighted by molar-refractivity contribution is 1.03. The SMILES string of the molecule is C1=CCN(c2cncc(N3C=CC=CC3)c2)C=C1. The highest BCUT2D eigenvalue weighted by Gasteiger charge is 2.08. The van der Waals surface area contributed by atoms with Gasteiger partial charge in [0.25, 0.3) is 0 Å². The molecule has 90 valence electrons. The standard InChI is InChI=1S/C15H15N3/c1-3-7-17(8-4-1)14-11-15(13-16-12-14)18-9-5-2-6-10-18/h1-7,9,11-13H,8,10H2. The molecule has 3 heteroatoms. The van der Waals surface area contributed by atoms with E-state index in [1.54, 1.807) is 0 Å². The molecule has 0 saturated carbocycles. The van der Waals surface area contributed by atoms with Crippen molar-refractivity contribution in [2.45, 2.75) is 0 Å². The van der Waals surface area contributed by atoms with Gasteiger partial charge in [0, 0.05) is 25.5 Å². The van der Waals surface area contributed by atoms with Crippen LogP contribution in [0.1, 0.15) is 0 Å². The lowest BCUT2D eigenvalue weighted by Gasteiger charge is -2.24. The van der Waals surface area contributed by atoms with Crippen molar-refractivity contribution in [2.75, 3.05) is 22.9 Å². The van der Waals surface area contributed by atoms with Crippen molar-refractivity contribution < 1.29 is 0 Å². The summed E-state index contributed by atoms with van der Waals surface area (Å²) in [5.74, 6) is 0. The van der Waals surface area contributed by atoms with Crippen molar-refractivity contribution in [3.63, 3.8) is 0 Å². The molecule has 0 spiro atoms. The molecule has 3 heterocycles. The Morgan fingerprint density at radius 1 is 0.778 bits per heavy atom. The molecule has 0 N–H and O–H groups in total. The van der Waals surface area contributed by atoms with E-state index < -0.39 is 0 Å². The van der Waals surface area contributed by atoms with E-state index in [-0.39, 0.29) is 0 Å². The number of hydrogen-bond acceptors (Lipinski definition) is 3. The third kappa shape index (κ3) is 2.20. The molecule has 2 aliphatic rings. The topological polar surface area (TPSA) is 19.4 Å². The first-order valence-corrected chi connectivity index (χ1v) is 6.08. The van der Waals surface area contributed by atoms with E-state index in [1.807, 2.05) is 24.5 Å². The van der Waals surface area contributed by atoms with Crippen molar-refractivity contribution in [1.82, 2.24) is 4.98 Å². The minimum Gasteiger partial charge on any atom is -0.343 e. The molecule has 0 atom stereocenters. The van der Waals surface area contributed by atoms with E-state index in [2.05, 4.69) is 57.6 Å². The van der Waals surface area contributed by atoms with Crippen molar-refractivity contribution in [3.05, 3.63) is 67.3 Å². The predicted molar refractivity (Wildman–Crippen MR) is 75.5 cm³/mol. The maximum atomic E-state index is 4.34. The highest BCUT2D eigenvalue weighted by molar-refractivity contribution is 5.61. The van der Waals surface area contributed by atoms with Crippen LogP contribution in [0.25, 0.3) is 0 Å². The summed E-state index contributed by atoms with van der Waals surface area (Å²) >= 11 is 0. The van der Waals surface area contributed by atoms with E-state index in [1.165, 1.54) is 0 Å². The molecular weight excluding hydrogens is 222 g/mol. The largest absolute Gasteiger partial charge is 0.343 e. The fourth-order valence-electron chi connectivity index (χ4n) is 2.05. The third-order valence-corrected chi connectivity index (χ3v) is 3.00. The van der Waals surface area contributed by atoms with Crippen molar-refractivity contribution in [1.29, 1.82) is 0 Å². The number of rotatable bonds is 2. The van der Waals surface area contributed by atoms with Gasteiger partial charge in [-0.15, -0.1) is 0 Å². The van der Waals surface area contributed by atoms with Gasteiger partial charge >= 0.3 is 0 Å². The summed E-state index contributed by atoms with van der Waals surface area (Å²) in [6.45, 7) is 1.80. The first-order chi connectivity index (χ1) is 8.93. The van der Waals surface area contributed by atoms with Crippen LogP contribution in [0.5, 0.6) is 0 Å². The van der Waals surface area contributed by atoms with Crippen LogP contribution in [0.15, 0.2) is 67.3 Å². The minimum atomic E-state index is 0.900. The van der Waals surface area contributed by atoms with E-state index in [0.717, 1.165) is 24.5 Å². The van der Waals surface area contributed by atoms with Crippen LogP contribution in [-0.2, 0) is 0 Å². The molecule has 0 aromatic carbocycles. The van der Waals surface area contributed by atoms with E-state index in [4.69, 9.17) is 0 Å². The lowest BCUT2D eigenvalue weighted by Crippen LogP contribution is -2.20. The average molecular weight is 237 g/mol. The predicted octanol–water partition coefficient (Wildman–Crippen LogP) is 2.86. The fourth-order valence-corrected chi connectivity index (χ4v) is 2.05. The first kappa shape index (κ1) is 10.8. The van der Waals surface area contributed by atoms with Gasteiger partial charge in [0.15, 0.2) is 0 Å². The molecule has 1 aromatic rings.